The van der Waals surface area contributed by atoms with E-state index in [-0.39, 0.29) is 5.91 Å². The Morgan fingerprint density at radius 1 is 1.43 bits per heavy atom. The number of benzene rings is 1. The lowest BCUT2D eigenvalue weighted by Crippen LogP contribution is -2.27. The van der Waals surface area contributed by atoms with Gasteiger partial charge in [-0.1, -0.05) is 37.6 Å². The summed E-state index contributed by atoms with van der Waals surface area (Å²) in [5.74, 6) is 0.339. The second-order valence-corrected chi connectivity index (χ2v) is 3.99. The monoisotopic (exact) mass is 211 g/mol. The SMILES string of the molecule is CC(C)CNC(=O)c1ccccc1Cl. The molecule has 1 N–H and O–H groups in total. The third-order valence-corrected chi connectivity index (χ3v) is 2.12. The molecule has 0 fully saturated rings. The predicted octanol–water partition coefficient (Wildman–Crippen LogP) is 2.73. The fraction of sp³-hybridized carbons (Fsp3) is 0.364. The molecule has 0 aliphatic rings. The third-order valence-electron chi connectivity index (χ3n) is 1.79. The number of carbonyl (C=O) groups excluding carboxylic acids is 1. The Labute approximate surface area is 89.3 Å². The minimum Gasteiger partial charge on any atom is -0.352 e. The standard InChI is InChI=1S/C11H14ClNO/c1-8(2)7-13-11(14)9-5-3-4-6-10(9)12/h3-6,8H,7H2,1-2H3,(H,13,14). The molecular formula is C11H14ClNO. The average molecular weight is 212 g/mol. The Hall–Kier alpha value is -1.02. The highest BCUT2D eigenvalue weighted by atomic mass is 35.5. The van der Waals surface area contributed by atoms with E-state index in [0.29, 0.717) is 23.0 Å². The number of rotatable bonds is 3. The Morgan fingerprint density at radius 3 is 2.64 bits per heavy atom. The van der Waals surface area contributed by atoms with Crippen LogP contribution in [0, 0.1) is 5.92 Å². The molecule has 0 saturated carbocycles. The van der Waals surface area contributed by atoms with Gasteiger partial charge in [-0.25, -0.2) is 0 Å². The van der Waals surface area contributed by atoms with E-state index in [9.17, 15) is 4.79 Å². The zero-order chi connectivity index (χ0) is 10.6. The number of amides is 1. The lowest BCUT2D eigenvalue weighted by molar-refractivity contribution is 0.0949. The molecule has 1 aromatic carbocycles. The molecule has 0 saturated heterocycles. The van der Waals surface area contributed by atoms with E-state index in [1.165, 1.54) is 0 Å². The van der Waals surface area contributed by atoms with Gasteiger partial charge in [0, 0.05) is 6.54 Å². The molecule has 0 radical (unpaired) electrons. The molecule has 1 rings (SSSR count). The molecular weight excluding hydrogens is 198 g/mol. The van der Waals surface area contributed by atoms with Crippen LogP contribution in [0.25, 0.3) is 0 Å². The summed E-state index contributed by atoms with van der Waals surface area (Å²) in [5.41, 5.74) is 0.537. The van der Waals surface area contributed by atoms with Crippen LogP contribution in [0.5, 0.6) is 0 Å². The summed E-state index contributed by atoms with van der Waals surface area (Å²) in [6, 6.07) is 7.04. The maximum absolute atomic E-state index is 11.6. The van der Waals surface area contributed by atoms with Gasteiger partial charge in [-0.05, 0) is 18.1 Å². The van der Waals surface area contributed by atoms with E-state index in [1.807, 2.05) is 19.9 Å². The van der Waals surface area contributed by atoms with E-state index in [2.05, 4.69) is 5.32 Å². The second-order valence-electron chi connectivity index (χ2n) is 3.58. The predicted molar refractivity (Wildman–Crippen MR) is 58.6 cm³/mol. The van der Waals surface area contributed by atoms with Crippen LogP contribution in [0.1, 0.15) is 24.2 Å². The number of halogens is 1. The molecule has 0 aliphatic heterocycles. The van der Waals surface area contributed by atoms with Crippen LogP contribution in [0.15, 0.2) is 24.3 Å². The molecule has 0 heterocycles. The number of carbonyl (C=O) groups is 1. The Bertz CT molecular complexity index is 323. The van der Waals surface area contributed by atoms with Crippen molar-refractivity contribution in [1.29, 1.82) is 0 Å². The average Bonchev–Trinajstić information content (AvgIpc) is 2.15. The highest BCUT2D eigenvalue weighted by Gasteiger charge is 2.08. The smallest absolute Gasteiger partial charge is 0.252 e. The van der Waals surface area contributed by atoms with Gasteiger partial charge in [0.25, 0.3) is 5.91 Å². The van der Waals surface area contributed by atoms with Gasteiger partial charge >= 0.3 is 0 Å². The van der Waals surface area contributed by atoms with Crippen molar-refractivity contribution in [3.63, 3.8) is 0 Å². The molecule has 0 spiro atoms. The Kier molecular flexibility index (Phi) is 3.96. The number of nitrogens with one attached hydrogen (secondary N) is 1. The quantitative estimate of drug-likeness (QED) is 0.819. The van der Waals surface area contributed by atoms with Crippen LogP contribution >= 0.6 is 11.6 Å². The van der Waals surface area contributed by atoms with Gasteiger partial charge in [0.1, 0.15) is 0 Å². The maximum atomic E-state index is 11.6. The Morgan fingerprint density at radius 2 is 2.07 bits per heavy atom. The van der Waals surface area contributed by atoms with Crippen molar-refractivity contribution in [3.8, 4) is 0 Å². The minimum atomic E-state index is -0.107. The number of hydrogen-bond donors (Lipinski definition) is 1. The molecule has 0 atom stereocenters. The van der Waals surface area contributed by atoms with Crippen LogP contribution in [-0.4, -0.2) is 12.5 Å². The van der Waals surface area contributed by atoms with Crippen LogP contribution in [0.2, 0.25) is 5.02 Å². The zero-order valence-corrected chi connectivity index (χ0v) is 9.14. The lowest BCUT2D eigenvalue weighted by Gasteiger charge is -2.08. The highest BCUT2D eigenvalue weighted by molar-refractivity contribution is 6.33. The first-order valence-electron chi connectivity index (χ1n) is 4.64. The molecule has 0 unspecified atom stereocenters. The fourth-order valence-electron chi connectivity index (χ4n) is 1.04. The maximum Gasteiger partial charge on any atom is 0.252 e. The van der Waals surface area contributed by atoms with Gasteiger partial charge in [0.15, 0.2) is 0 Å². The van der Waals surface area contributed by atoms with E-state index < -0.39 is 0 Å². The lowest BCUT2D eigenvalue weighted by atomic mass is 10.2. The van der Waals surface area contributed by atoms with E-state index >= 15 is 0 Å². The molecule has 1 amide bonds. The van der Waals surface area contributed by atoms with Crippen molar-refractivity contribution in [1.82, 2.24) is 5.32 Å². The van der Waals surface area contributed by atoms with Gasteiger partial charge in [-0.3, -0.25) is 4.79 Å². The van der Waals surface area contributed by atoms with Crippen LogP contribution in [0.4, 0.5) is 0 Å². The fourth-order valence-corrected chi connectivity index (χ4v) is 1.26. The minimum absolute atomic E-state index is 0.107. The highest BCUT2D eigenvalue weighted by Crippen LogP contribution is 2.14. The molecule has 1 aromatic rings. The Balaban J connectivity index is 2.65. The van der Waals surface area contributed by atoms with Crippen molar-refractivity contribution in [3.05, 3.63) is 34.9 Å². The first-order chi connectivity index (χ1) is 6.61. The first-order valence-corrected chi connectivity index (χ1v) is 5.01. The summed E-state index contributed by atoms with van der Waals surface area (Å²) >= 11 is 5.87. The van der Waals surface area contributed by atoms with Crippen LogP contribution < -0.4 is 5.32 Å². The second kappa shape index (κ2) is 5.01. The summed E-state index contributed by atoms with van der Waals surface area (Å²) in [7, 11) is 0. The van der Waals surface area contributed by atoms with Crippen molar-refractivity contribution < 1.29 is 4.79 Å². The van der Waals surface area contributed by atoms with Crippen molar-refractivity contribution in [2.24, 2.45) is 5.92 Å². The van der Waals surface area contributed by atoms with Crippen molar-refractivity contribution in [2.45, 2.75) is 13.8 Å². The topological polar surface area (TPSA) is 29.1 Å². The normalized spacial score (nSPS) is 10.3. The van der Waals surface area contributed by atoms with Gasteiger partial charge in [-0.2, -0.15) is 0 Å². The van der Waals surface area contributed by atoms with Gasteiger partial charge in [-0.15, -0.1) is 0 Å². The molecule has 0 bridgehead atoms. The molecule has 14 heavy (non-hydrogen) atoms. The van der Waals surface area contributed by atoms with Crippen LogP contribution in [0.3, 0.4) is 0 Å². The molecule has 76 valence electrons. The molecule has 0 aliphatic carbocycles. The van der Waals surface area contributed by atoms with Crippen molar-refractivity contribution >= 4 is 17.5 Å². The molecule has 3 heteroatoms. The first kappa shape index (κ1) is 11.1. The van der Waals surface area contributed by atoms with E-state index in [4.69, 9.17) is 11.6 Å². The van der Waals surface area contributed by atoms with E-state index in [1.54, 1.807) is 18.2 Å². The summed E-state index contributed by atoms with van der Waals surface area (Å²) in [6.45, 7) is 4.77. The molecule has 0 aromatic heterocycles. The van der Waals surface area contributed by atoms with Crippen LogP contribution in [-0.2, 0) is 0 Å². The summed E-state index contributed by atoms with van der Waals surface area (Å²) < 4.78 is 0. The zero-order valence-electron chi connectivity index (χ0n) is 8.38. The summed E-state index contributed by atoms with van der Waals surface area (Å²) in [4.78, 5) is 11.6. The summed E-state index contributed by atoms with van der Waals surface area (Å²) in [5, 5.41) is 3.31. The third kappa shape index (κ3) is 3.04. The van der Waals surface area contributed by atoms with Gasteiger partial charge in [0.05, 0.1) is 10.6 Å². The van der Waals surface area contributed by atoms with Crippen molar-refractivity contribution in [2.75, 3.05) is 6.54 Å². The van der Waals surface area contributed by atoms with Gasteiger partial charge in [0.2, 0.25) is 0 Å². The largest absolute Gasteiger partial charge is 0.352 e. The number of hydrogen-bond acceptors (Lipinski definition) is 1. The van der Waals surface area contributed by atoms with Gasteiger partial charge < -0.3 is 5.32 Å². The van der Waals surface area contributed by atoms with E-state index in [0.717, 1.165) is 0 Å². The summed E-state index contributed by atoms with van der Waals surface area (Å²) in [6.07, 6.45) is 0. The molecule has 2 nitrogen and oxygen atoms in total.